The topological polar surface area (TPSA) is 59.6 Å². The van der Waals surface area contributed by atoms with Crippen LogP contribution in [0.25, 0.3) is 0 Å². The van der Waals surface area contributed by atoms with Gasteiger partial charge < -0.3 is 20.1 Å². The monoisotopic (exact) mass is 380 g/mol. The third-order valence-electron chi connectivity index (χ3n) is 3.51. The van der Waals surface area contributed by atoms with Crippen molar-refractivity contribution in [2.24, 2.45) is 0 Å². The minimum absolute atomic E-state index is 0.144. The molecular weight excluding hydrogens is 359 g/mol. The lowest BCUT2D eigenvalue weighted by atomic mass is 10.2. The SMILES string of the molecule is CCOc1ccc(N[C@@H](C)C(=O)Nc2ccc(F)cc2Cl)cc1OCC. The molecule has 2 N–H and O–H groups in total. The van der Waals surface area contributed by atoms with Gasteiger partial charge in [-0.1, -0.05) is 11.6 Å². The van der Waals surface area contributed by atoms with Gasteiger partial charge in [-0.3, -0.25) is 4.79 Å². The average Bonchev–Trinajstić information content (AvgIpc) is 2.60. The molecule has 0 fully saturated rings. The van der Waals surface area contributed by atoms with Crippen LogP contribution < -0.4 is 20.1 Å². The first-order valence-corrected chi connectivity index (χ1v) is 8.74. The summed E-state index contributed by atoms with van der Waals surface area (Å²) in [6, 6.07) is 8.63. The van der Waals surface area contributed by atoms with Crippen molar-refractivity contribution in [2.45, 2.75) is 26.8 Å². The van der Waals surface area contributed by atoms with E-state index in [2.05, 4.69) is 10.6 Å². The molecule has 1 amide bonds. The average molecular weight is 381 g/mol. The van der Waals surface area contributed by atoms with Crippen molar-refractivity contribution in [1.29, 1.82) is 0 Å². The summed E-state index contributed by atoms with van der Waals surface area (Å²) in [5.74, 6) is 0.492. The molecule has 140 valence electrons. The van der Waals surface area contributed by atoms with E-state index in [9.17, 15) is 9.18 Å². The number of hydrogen-bond donors (Lipinski definition) is 2. The predicted octanol–water partition coefficient (Wildman–Crippen LogP) is 4.72. The number of carbonyl (C=O) groups excluding carboxylic acids is 1. The zero-order chi connectivity index (χ0) is 19.1. The van der Waals surface area contributed by atoms with Crippen LogP contribution >= 0.6 is 11.6 Å². The molecule has 2 rings (SSSR count). The molecular formula is C19H22ClFN2O3. The summed E-state index contributed by atoms with van der Waals surface area (Å²) in [5, 5.41) is 5.91. The molecule has 0 radical (unpaired) electrons. The Balaban J connectivity index is 2.07. The van der Waals surface area contributed by atoms with Crippen LogP contribution in [-0.4, -0.2) is 25.2 Å². The summed E-state index contributed by atoms with van der Waals surface area (Å²) >= 11 is 5.94. The van der Waals surface area contributed by atoms with Crippen LogP contribution in [0.1, 0.15) is 20.8 Å². The van der Waals surface area contributed by atoms with Crippen LogP contribution in [0.3, 0.4) is 0 Å². The normalized spacial score (nSPS) is 11.6. The number of halogens is 2. The molecule has 2 aromatic carbocycles. The molecule has 26 heavy (non-hydrogen) atoms. The Morgan fingerprint density at radius 1 is 1.12 bits per heavy atom. The lowest BCUT2D eigenvalue weighted by Crippen LogP contribution is -2.32. The highest BCUT2D eigenvalue weighted by Gasteiger charge is 2.16. The molecule has 0 aliphatic rings. The Morgan fingerprint density at radius 3 is 2.46 bits per heavy atom. The van der Waals surface area contributed by atoms with Gasteiger partial charge in [0.1, 0.15) is 11.9 Å². The number of benzene rings is 2. The number of anilines is 2. The highest BCUT2D eigenvalue weighted by molar-refractivity contribution is 6.33. The van der Waals surface area contributed by atoms with E-state index < -0.39 is 11.9 Å². The van der Waals surface area contributed by atoms with E-state index in [1.165, 1.54) is 12.1 Å². The van der Waals surface area contributed by atoms with E-state index in [0.717, 1.165) is 6.07 Å². The van der Waals surface area contributed by atoms with E-state index >= 15 is 0 Å². The van der Waals surface area contributed by atoms with Crippen molar-refractivity contribution >= 4 is 28.9 Å². The maximum absolute atomic E-state index is 13.1. The molecule has 0 saturated carbocycles. The maximum atomic E-state index is 13.1. The molecule has 1 atom stereocenters. The molecule has 7 heteroatoms. The van der Waals surface area contributed by atoms with Gasteiger partial charge in [0.15, 0.2) is 11.5 Å². The molecule has 0 bridgehead atoms. The highest BCUT2D eigenvalue weighted by atomic mass is 35.5. The largest absolute Gasteiger partial charge is 0.490 e. The van der Waals surface area contributed by atoms with Crippen LogP contribution in [0.5, 0.6) is 11.5 Å². The number of ether oxygens (including phenoxy) is 2. The van der Waals surface area contributed by atoms with Crippen molar-refractivity contribution in [3.05, 3.63) is 47.2 Å². The lowest BCUT2D eigenvalue weighted by Gasteiger charge is -2.18. The Bertz CT molecular complexity index is 770. The fourth-order valence-corrected chi connectivity index (χ4v) is 2.50. The maximum Gasteiger partial charge on any atom is 0.246 e. The van der Waals surface area contributed by atoms with Crippen molar-refractivity contribution in [1.82, 2.24) is 0 Å². The van der Waals surface area contributed by atoms with Crippen molar-refractivity contribution in [3.8, 4) is 11.5 Å². The van der Waals surface area contributed by atoms with Gasteiger partial charge in [0, 0.05) is 11.8 Å². The second kappa shape index (κ2) is 9.29. The summed E-state index contributed by atoms with van der Waals surface area (Å²) < 4.78 is 24.2. The van der Waals surface area contributed by atoms with Gasteiger partial charge in [0.2, 0.25) is 5.91 Å². The van der Waals surface area contributed by atoms with Crippen LogP contribution in [-0.2, 0) is 4.79 Å². The standard InChI is InChI=1S/C19H22ClFN2O3/c1-4-25-17-9-7-14(11-18(17)26-5-2)22-12(3)19(24)23-16-8-6-13(21)10-15(16)20/h6-12,22H,4-5H2,1-3H3,(H,23,24)/t12-/m0/s1. The first-order chi connectivity index (χ1) is 12.4. The number of rotatable bonds is 8. The third kappa shape index (κ3) is 5.26. The molecule has 0 aliphatic heterocycles. The van der Waals surface area contributed by atoms with Gasteiger partial charge >= 0.3 is 0 Å². The minimum atomic E-state index is -0.552. The molecule has 0 aliphatic carbocycles. The summed E-state index contributed by atoms with van der Waals surface area (Å²) in [6.45, 7) is 6.53. The van der Waals surface area contributed by atoms with Gasteiger partial charge in [-0.2, -0.15) is 0 Å². The van der Waals surface area contributed by atoms with Gasteiger partial charge in [-0.05, 0) is 51.1 Å². The first kappa shape index (κ1) is 19.8. The van der Waals surface area contributed by atoms with E-state index in [-0.39, 0.29) is 10.9 Å². The lowest BCUT2D eigenvalue weighted by molar-refractivity contribution is -0.116. The van der Waals surface area contributed by atoms with Crippen molar-refractivity contribution in [3.63, 3.8) is 0 Å². The van der Waals surface area contributed by atoms with Crippen molar-refractivity contribution < 1.29 is 18.7 Å². The number of nitrogens with one attached hydrogen (secondary N) is 2. The quantitative estimate of drug-likeness (QED) is 0.696. The third-order valence-corrected chi connectivity index (χ3v) is 3.82. The van der Waals surface area contributed by atoms with Crippen LogP contribution in [0.4, 0.5) is 15.8 Å². The fourth-order valence-electron chi connectivity index (χ4n) is 2.29. The molecule has 0 aromatic heterocycles. The first-order valence-electron chi connectivity index (χ1n) is 8.36. The highest BCUT2D eigenvalue weighted by Crippen LogP contribution is 2.31. The molecule has 5 nitrogen and oxygen atoms in total. The molecule has 2 aromatic rings. The summed E-state index contributed by atoms with van der Waals surface area (Å²) in [5.41, 5.74) is 1.07. The number of hydrogen-bond acceptors (Lipinski definition) is 4. The predicted molar refractivity (Wildman–Crippen MR) is 102 cm³/mol. The van der Waals surface area contributed by atoms with Crippen LogP contribution in [0, 0.1) is 5.82 Å². The fraction of sp³-hybridized carbons (Fsp3) is 0.316. The Kier molecular flexibility index (Phi) is 7.09. The minimum Gasteiger partial charge on any atom is -0.490 e. The molecule has 0 unspecified atom stereocenters. The van der Waals surface area contributed by atoms with Crippen LogP contribution in [0.2, 0.25) is 5.02 Å². The Labute approximate surface area is 157 Å². The Hall–Kier alpha value is -2.47. The van der Waals surface area contributed by atoms with Crippen molar-refractivity contribution in [2.75, 3.05) is 23.8 Å². The zero-order valence-corrected chi connectivity index (χ0v) is 15.7. The number of carbonyl (C=O) groups is 1. The van der Waals surface area contributed by atoms with E-state index in [1.807, 2.05) is 19.9 Å². The van der Waals surface area contributed by atoms with Gasteiger partial charge in [-0.25, -0.2) is 4.39 Å². The number of amides is 1. The second-order valence-corrected chi connectivity index (χ2v) is 5.91. The summed E-state index contributed by atoms with van der Waals surface area (Å²) in [6.07, 6.45) is 0. The van der Waals surface area contributed by atoms with E-state index in [1.54, 1.807) is 19.1 Å². The zero-order valence-electron chi connectivity index (χ0n) is 14.9. The second-order valence-electron chi connectivity index (χ2n) is 5.51. The molecule has 0 heterocycles. The van der Waals surface area contributed by atoms with Gasteiger partial charge in [0.25, 0.3) is 0 Å². The molecule has 0 saturated heterocycles. The summed E-state index contributed by atoms with van der Waals surface area (Å²) in [7, 11) is 0. The van der Waals surface area contributed by atoms with E-state index in [4.69, 9.17) is 21.1 Å². The van der Waals surface area contributed by atoms with Gasteiger partial charge in [-0.15, -0.1) is 0 Å². The van der Waals surface area contributed by atoms with Crippen LogP contribution in [0.15, 0.2) is 36.4 Å². The summed E-state index contributed by atoms with van der Waals surface area (Å²) in [4.78, 5) is 12.4. The molecule has 0 spiro atoms. The Morgan fingerprint density at radius 2 is 1.81 bits per heavy atom. The smallest absolute Gasteiger partial charge is 0.246 e. The van der Waals surface area contributed by atoms with E-state index in [0.29, 0.717) is 36.1 Å². The van der Waals surface area contributed by atoms with Gasteiger partial charge in [0.05, 0.1) is 23.9 Å².